The molecule has 0 radical (unpaired) electrons. The van der Waals surface area contributed by atoms with Crippen LogP contribution in [-0.4, -0.2) is 19.9 Å². The lowest BCUT2D eigenvalue weighted by Gasteiger charge is -1.89. The molecule has 0 saturated heterocycles. The van der Waals surface area contributed by atoms with Gasteiger partial charge in [-0.25, -0.2) is 8.42 Å². The van der Waals surface area contributed by atoms with Gasteiger partial charge in [-0.3, -0.25) is 0 Å². The molecule has 11 heavy (non-hydrogen) atoms. The van der Waals surface area contributed by atoms with Crippen LogP contribution in [-0.2, 0) is 9.84 Å². The van der Waals surface area contributed by atoms with E-state index in [0.717, 1.165) is 0 Å². The minimum Gasteiger partial charge on any atom is -0.227 e. The van der Waals surface area contributed by atoms with Gasteiger partial charge in [0.15, 0.2) is 9.84 Å². The van der Waals surface area contributed by atoms with E-state index in [2.05, 4.69) is 23.7 Å². The van der Waals surface area contributed by atoms with Crippen molar-refractivity contribution in [1.82, 2.24) is 0 Å². The molecule has 3 heteroatoms. The summed E-state index contributed by atoms with van der Waals surface area (Å²) < 4.78 is 21.9. The van der Waals surface area contributed by atoms with Gasteiger partial charge in [0.2, 0.25) is 0 Å². The highest BCUT2D eigenvalue weighted by Crippen LogP contribution is 1.86. The van der Waals surface area contributed by atoms with Gasteiger partial charge in [-0.05, 0) is 13.8 Å². The summed E-state index contributed by atoms with van der Waals surface area (Å²) in [6.07, 6.45) is 0. The second kappa shape index (κ2) is 4.82. The van der Waals surface area contributed by atoms with Crippen molar-refractivity contribution in [3.63, 3.8) is 0 Å². The molecule has 0 aliphatic rings. The Bertz CT molecular complexity index is 289. The van der Waals surface area contributed by atoms with E-state index in [1.54, 1.807) is 13.8 Å². The largest absolute Gasteiger partial charge is 0.227 e. The Labute approximate surface area is 67.9 Å². The first-order valence-electron chi connectivity index (χ1n) is 3.12. The minimum atomic E-state index is -3.05. The number of hydrogen-bond acceptors (Lipinski definition) is 2. The van der Waals surface area contributed by atoms with Gasteiger partial charge in [0, 0.05) is 0 Å². The number of sulfone groups is 1. The van der Waals surface area contributed by atoms with Crippen molar-refractivity contribution in [2.75, 3.05) is 11.5 Å². The Kier molecular flexibility index (Phi) is 4.41. The SMILES string of the molecule is CC#CCS(=O)(=O)CC#CC. The zero-order valence-electron chi connectivity index (χ0n) is 6.64. The third-order valence-electron chi connectivity index (χ3n) is 0.938. The number of rotatable bonds is 2. The third kappa shape index (κ3) is 5.51. The van der Waals surface area contributed by atoms with Gasteiger partial charge in [0.05, 0.1) is 0 Å². The molecule has 0 fully saturated rings. The van der Waals surface area contributed by atoms with E-state index in [-0.39, 0.29) is 11.5 Å². The Morgan fingerprint density at radius 2 is 1.36 bits per heavy atom. The van der Waals surface area contributed by atoms with Crippen LogP contribution < -0.4 is 0 Å². The molecule has 0 spiro atoms. The molecule has 0 aromatic rings. The average molecular weight is 170 g/mol. The predicted octanol–water partition coefficient (Wildman–Crippen LogP) is 0.448. The van der Waals surface area contributed by atoms with Crippen LogP contribution in [0.25, 0.3) is 0 Å². The van der Waals surface area contributed by atoms with Crippen molar-refractivity contribution in [3.8, 4) is 23.7 Å². The molecule has 0 atom stereocenters. The van der Waals surface area contributed by atoms with E-state index >= 15 is 0 Å². The monoisotopic (exact) mass is 170 g/mol. The topological polar surface area (TPSA) is 34.1 Å². The second-order valence-corrected chi connectivity index (χ2v) is 3.95. The molecule has 0 amide bonds. The van der Waals surface area contributed by atoms with Crippen LogP contribution in [0.15, 0.2) is 0 Å². The van der Waals surface area contributed by atoms with Crippen molar-refractivity contribution in [3.05, 3.63) is 0 Å². The second-order valence-electron chi connectivity index (χ2n) is 1.89. The van der Waals surface area contributed by atoms with Crippen LogP contribution in [0, 0.1) is 23.7 Å². The Morgan fingerprint density at radius 3 is 1.64 bits per heavy atom. The van der Waals surface area contributed by atoms with Crippen molar-refractivity contribution in [2.45, 2.75) is 13.8 Å². The summed E-state index contributed by atoms with van der Waals surface area (Å²) in [6, 6.07) is 0. The minimum absolute atomic E-state index is 0.0851. The normalized spacial score (nSPS) is 8.91. The molecule has 0 unspecified atom stereocenters. The Balaban J connectivity index is 4.17. The molecule has 0 aliphatic heterocycles. The molecular weight excluding hydrogens is 160 g/mol. The van der Waals surface area contributed by atoms with Crippen LogP contribution in [0.4, 0.5) is 0 Å². The summed E-state index contributed by atoms with van der Waals surface area (Å²) in [6.45, 7) is 3.22. The van der Waals surface area contributed by atoms with E-state index < -0.39 is 9.84 Å². The lowest BCUT2D eigenvalue weighted by Crippen LogP contribution is -2.07. The highest BCUT2D eigenvalue weighted by molar-refractivity contribution is 7.91. The summed E-state index contributed by atoms with van der Waals surface area (Å²) in [5.41, 5.74) is 0. The summed E-state index contributed by atoms with van der Waals surface area (Å²) in [5, 5.41) is 0. The molecule has 0 saturated carbocycles. The third-order valence-corrected chi connectivity index (χ3v) is 2.11. The predicted molar refractivity (Wildman–Crippen MR) is 45.6 cm³/mol. The van der Waals surface area contributed by atoms with Crippen LogP contribution in [0.3, 0.4) is 0 Å². The van der Waals surface area contributed by atoms with Gasteiger partial charge in [0.25, 0.3) is 0 Å². The molecule has 0 aromatic heterocycles. The van der Waals surface area contributed by atoms with Gasteiger partial charge in [-0.1, -0.05) is 11.8 Å². The summed E-state index contributed by atoms with van der Waals surface area (Å²) in [7, 11) is -3.05. The van der Waals surface area contributed by atoms with Crippen LogP contribution in [0.5, 0.6) is 0 Å². The van der Waals surface area contributed by atoms with Crippen molar-refractivity contribution >= 4 is 9.84 Å². The van der Waals surface area contributed by atoms with E-state index in [9.17, 15) is 8.42 Å². The molecule has 0 N–H and O–H groups in total. The maximum absolute atomic E-state index is 10.9. The van der Waals surface area contributed by atoms with Crippen LogP contribution in [0.2, 0.25) is 0 Å². The Morgan fingerprint density at radius 1 is 1.00 bits per heavy atom. The van der Waals surface area contributed by atoms with Crippen molar-refractivity contribution in [2.24, 2.45) is 0 Å². The number of hydrogen-bond donors (Lipinski definition) is 0. The average Bonchev–Trinajstić information content (AvgIpc) is 1.97. The van der Waals surface area contributed by atoms with Gasteiger partial charge in [0.1, 0.15) is 11.5 Å². The first-order valence-corrected chi connectivity index (χ1v) is 4.94. The first kappa shape index (κ1) is 10.1. The maximum Gasteiger partial charge on any atom is 0.172 e. The van der Waals surface area contributed by atoms with Crippen LogP contribution in [0.1, 0.15) is 13.8 Å². The molecule has 60 valence electrons. The molecule has 0 bridgehead atoms. The molecular formula is C8H10O2S. The Hall–Kier alpha value is -0.930. The molecule has 0 rings (SSSR count). The first-order chi connectivity index (χ1) is 5.12. The lowest BCUT2D eigenvalue weighted by molar-refractivity contribution is 0.603. The molecule has 0 heterocycles. The molecule has 2 nitrogen and oxygen atoms in total. The fourth-order valence-corrected chi connectivity index (χ4v) is 1.25. The van der Waals surface area contributed by atoms with Crippen molar-refractivity contribution < 1.29 is 8.42 Å². The highest BCUT2D eigenvalue weighted by atomic mass is 32.2. The smallest absolute Gasteiger partial charge is 0.172 e. The zero-order chi connectivity index (χ0) is 8.74. The summed E-state index contributed by atoms with van der Waals surface area (Å²) in [4.78, 5) is 0. The van der Waals surface area contributed by atoms with E-state index in [4.69, 9.17) is 0 Å². The summed E-state index contributed by atoms with van der Waals surface area (Å²) in [5.74, 6) is 9.86. The standard InChI is InChI=1S/C8H10O2S/c1-3-5-7-11(9,10)8-6-4-2/h7-8H2,1-2H3. The highest BCUT2D eigenvalue weighted by Gasteiger charge is 2.04. The zero-order valence-corrected chi connectivity index (χ0v) is 7.46. The quantitative estimate of drug-likeness (QED) is 0.564. The van der Waals surface area contributed by atoms with E-state index in [1.807, 2.05) is 0 Å². The van der Waals surface area contributed by atoms with Gasteiger partial charge in [-0.2, -0.15) is 0 Å². The van der Waals surface area contributed by atoms with Gasteiger partial charge < -0.3 is 0 Å². The van der Waals surface area contributed by atoms with Crippen LogP contribution >= 0.6 is 0 Å². The molecule has 0 aliphatic carbocycles. The fraction of sp³-hybridized carbons (Fsp3) is 0.500. The lowest BCUT2D eigenvalue weighted by atomic mass is 10.7. The summed E-state index contributed by atoms with van der Waals surface area (Å²) >= 11 is 0. The van der Waals surface area contributed by atoms with Gasteiger partial charge >= 0.3 is 0 Å². The van der Waals surface area contributed by atoms with Gasteiger partial charge in [-0.15, -0.1) is 11.8 Å². The van der Waals surface area contributed by atoms with E-state index in [1.165, 1.54) is 0 Å². The van der Waals surface area contributed by atoms with Crippen molar-refractivity contribution in [1.29, 1.82) is 0 Å². The molecule has 0 aromatic carbocycles. The van der Waals surface area contributed by atoms with E-state index in [0.29, 0.717) is 0 Å². The maximum atomic E-state index is 10.9. The fourth-order valence-electron chi connectivity index (χ4n) is 0.415.